The van der Waals surface area contributed by atoms with Crippen LogP contribution in [0.1, 0.15) is 25.6 Å². The smallest absolute Gasteiger partial charge is 0.176 e. The number of hydrogen-bond acceptors (Lipinski definition) is 2. The van der Waals surface area contributed by atoms with Gasteiger partial charge >= 0.3 is 0 Å². The van der Waals surface area contributed by atoms with Crippen molar-refractivity contribution in [2.45, 2.75) is 26.2 Å². The minimum absolute atomic E-state index is 0.133. The molecule has 0 unspecified atom stereocenters. The Morgan fingerprint density at radius 1 is 1.42 bits per heavy atom. The predicted octanol–water partition coefficient (Wildman–Crippen LogP) is 3.19. The summed E-state index contributed by atoms with van der Waals surface area (Å²) in [7, 11) is 1.55. The van der Waals surface area contributed by atoms with E-state index < -0.39 is 0 Å². The van der Waals surface area contributed by atoms with Gasteiger partial charge in [0.25, 0.3) is 0 Å². The lowest BCUT2D eigenvalue weighted by Gasteiger charge is -2.15. The van der Waals surface area contributed by atoms with E-state index in [1.807, 2.05) is 20.8 Å². The van der Waals surface area contributed by atoms with E-state index in [9.17, 15) is 4.39 Å². The Labute approximate surface area is 76.2 Å². The summed E-state index contributed by atoms with van der Waals surface area (Å²) < 4.78 is 18.2. The highest BCUT2D eigenvalue weighted by molar-refractivity contribution is 7.14. The van der Waals surface area contributed by atoms with Crippen LogP contribution in [0.4, 0.5) is 4.39 Å². The van der Waals surface area contributed by atoms with Crippen LogP contribution in [0.5, 0.6) is 5.06 Å². The van der Waals surface area contributed by atoms with Crippen LogP contribution in [0.15, 0.2) is 6.07 Å². The van der Waals surface area contributed by atoms with E-state index in [1.54, 1.807) is 7.11 Å². The molecular weight excluding hydrogens is 175 g/mol. The third-order valence-corrected chi connectivity index (χ3v) is 3.04. The van der Waals surface area contributed by atoms with Gasteiger partial charge < -0.3 is 4.74 Å². The van der Waals surface area contributed by atoms with Gasteiger partial charge in [-0.2, -0.15) is 0 Å². The minimum Gasteiger partial charge on any atom is -0.487 e. The molecule has 0 bridgehead atoms. The summed E-state index contributed by atoms with van der Waals surface area (Å²) in [5, 5.41) is 0.637. The second-order valence-corrected chi connectivity index (χ2v) is 4.71. The fourth-order valence-corrected chi connectivity index (χ4v) is 1.87. The molecule has 1 aromatic heterocycles. The minimum atomic E-state index is -0.163. The van der Waals surface area contributed by atoms with Crippen molar-refractivity contribution < 1.29 is 9.13 Å². The highest BCUT2D eigenvalue weighted by Crippen LogP contribution is 2.36. The highest BCUT2D eigenvalue weighted by Gasteiger charge is 2.21. The lowest BCUT2D eigenvalue weighted by atomic mass is 9.94. The zero-order chi connectivity index (χ0) is 9.35. The van der Waals surface area contributed by atoms with E-state index >= 15 is 0 Å². The maximum atomic E-state index is 13.2. The van der Waals surface area contributed by atoms with Gasteiger partial charge in [-0.05, 0) is 5.41 Å². The topological polar surface area (TPSA) is 9.23 Å². The fraction of sp³-hybridized carbons (Fsp3) is 0.556. The third kappa shape index (κ3) is 1.78. The van der Waals surface area contributed by atoms with E-state index in [2.05, 4.69) is 0 Å². The van der Waals surface area contributed by atoms with Crippen molar-refractivity contribution in [3.63, 3.8) is 0 Å². The maximum Gasteiger partial charge on any atom is 0.176 e. The number of ether oxygens (including phenoxy) is 1. The molecule has 1 nitrogen and oxygen atoms in total. The molecule has 0 spiro atoms. The first-order valence-corrected chi connectivity index (χ1v) is 4.60. The molecule has 1 rings (SSSR count). The normalized spacial score (nSPS) is 11.8. The summed E-state index contributed by atoms with van der Waals surface area (Å²) in [6, 6.07) is 1.44. The molecular formula is C9H13FOS. The van der Waals surface area contributed by atoms with Crippen LogP contribution < -0.4 is 4.74 Å². The molecule has 0 aromatic carbocycles. The Bertz CT molecular complexity index is 273. The molecule has 0 fully saturated rings. The molecule has 1 heterocycles. The van der Waals surface area contributed by atoms with E-state index in [1.165, 1.54) is 17.4 Å². The van der Waals surface area contributed by atoms with E-state index in [-0.39, 0.29) is 11.2 Å². The zero-order valence-electron chi connectivity index (χ0n) is 7.77. The Hall–Kier alpha value is -0.570. The Morgan fingerprint density at radius 3 is 2.25 bits per heavy atom. The molecule has 0 radical (unpaired) electrons. The van der Waals surface area contributed by atoms with Gasteiger partial charge in [-0.1, -0.05) is 20.8 Å². The van der Waals surface area contributed by atoms with Gasteiger partial charge in [0.15, 0.2) is 5.06 Å². The van der Waals surface area contributed by atoms with Crippen molar-refractivity contribution in [2.24, 2.45) is 0 Å². The molecule has 3 heteroatoms. The van der Waals surface area contributed by atoms with Crippen LogP contribution in [-0.2, 0) is 5.41 Å². The van der Waals surface area contributed by atoms with Crippen LogP contribution in [-0.4, -0.2) is 7.11 Å². The van der Waals surface area contributed by atoms with Crippen molar-refractivity contribution in [3.05, 3.63) is 16.8 Å². The second kappa shape index (κ2) is 3.05. The number of hydrogen-bond donors (Lipinski definition) is 0. The molecule has 0 saturated heterocycles. The third-order valence-electron chi connectivity index (χ3n) is 1.55. The van der Waals surface area contributed by atoms with Gasteiger partial charge in [0.2, 0.25) is 0 Å². The van der Waals surface area contributed by atoms with E-state index in [0.717, 1.165) is 4.88 Å². The van der Waals surface area contributed by atoms with Gasteiger partial charge in [0, 0.05) is 10.9 Å². The quantitative estimate of drug-likeness (QED) is 0.657. The molecule has 0 amide bonds. The van der Waals surface area contributed by atoms with Crippen LogP contribution >= 0.6 is 11.3 Å². The van der Waals surface area contributed by atoms with Gasteiger partial charge in [-0.25, -0.2) is 4.39 Å². The van der Waals surface area contributed by atoms with Gasteiger partial charge in [0.05, 0.1) is 7.11 Å². The Morgan fingerprint density at radius 2 is 2.00 bits per heavy atom. The molecule has 0 atom stereocenters. The first-order chi connectivity index (χ1) is 5.45. The van der Waals surface area contributed by atoms with Crippen LogP contribution in [0.2, 0.25) is 0 Å². The van der Waals surface area contributed by atoms with Crippen LogP contribution in [0, 0.1) is 5.82 Å². The highest BCUT2D eigenvalue weighted by atomic mass is 32.1. The average Bonchev–Trinajstić information content (AvgIpc) is 2.29. The SMILES string of the molecule is COc1cc(F)c(C(C)(C)C)s1. The maximum absolute atomic E-state index is 13.2. The van der Waals surface area contributed by atoms with Gasteiger partial charge in [0.1, 0.15) is 5.82 Å². The number of rotatable bonds is 1. The van der Waals surface area contributed by atoms with Crippen LogP contribution in [0.3, 0.4) is 0 Å². The molecule has 12 heavy (non-hydrogen) atoms. The summed E-state index contributed by atoms with van der Waals surface area (Å²) >= 11 is 1.37. The number of halogens is 1. The van der Waals surface area contributed by atoms with Gasteiger partial charge in [-0.3, -0.25) is 0 Å². The van der Waals surface area contributed by atoms with Crippen molar-refractivity contribution in [2.75, 3.05) is 7.11 Å². The molecule has 0 aliphatic carbocycles. The standard InChI is InChI=1S/C9H13FOS/c1-9(2,3)8-6(10)5-7(11-4)12-8/h5H,1-4H3. The van der Waals surface area contributed by atoms with E-state index in [0.29, 0.717) is 5.06 Å². The Kier molecular flexibility index (Phi) is 2.42. The second-order valence-electron chi connectivity index (χ2n) is 3.70. The van der Waals surface area contributed by atoms with Crippen molar-refractivity contribution in [1.82, 2.24) is 0 Å². The first kappa shape index (κ1) is 9.52. The van der Waals surface area contributed by atoms with E-state index in [4.69, 9.17) is 4.74 Å². The van der Waals surface area contributed by atoms with Crippen molar-refractivity contribution in [1.29, 1.82) is 0 Å². The summed E-state index contributed by atoms with van der Waals surface area (Å²) in [5.41, 5.74) is -0.133. The summed E-state index contributed by atoms with van der Waals surface area (Å²) in [4.78, 5) is 0.749. The Balaban J connectivity index is 3.08. The monoisotopic (exact) mass is 188 g/mol. The summed E-state index contributed by atoms with van der Waals surface area (Å²) in [6.07, 6.45) is 0. The average molecular weight is 188 g/mol. The predicted molar refractivity (Wildman–Crippen MR) is 49.5 cm³/mol. The largest absolute Gasteiger partial charge is 0.487 e. The molecule has 0 aliphatic heterocycles. The number of thiophene rings is 1. The molecule has 68 valence electrons. The summed E-state index contributed by atoms with van der Waals surface area (Å²) in [5.74, 6) is -0.163. The number of methoxy groups -OCH3 is 1. The lowest BCUT2D eigenvalue weighted by Crippen LogP contribution is -2.10. The van der Waals surface area contributed by atoms with Crippen molar-refractivity contribution >= 4 is 11.3 Å². The molecule has 0 aliphatic rings. The zero-order valence-corrected chi connectivity index (χ0v) is 8.59. The van der Waals surface area contributed by atoms with Gasteiger partial charge in [-0.15, -0.1) is 11.3 Å². The molecule has 0 saturated carbocycles. The van der Waals surface area contributed by atoms with Crippen LogP contribution in [0.25, 0.3) is 0 Å². The fourth-order valence-electron chi connectivity index (χ4n) is 0.960. The van der Waals surface area contributed by atoms with Crippen molar-refractivity contribution in [3.8, 4) is 5.06 Å². The lowest BCUT2D eigenvalue weighted by molar-refractivity contribution is 0.425. The molecule has 1 aromatic rings. The molecule has 0 N–H and O–H groups in total. The first-order valence-electron chi connectivity index (χ1n) is 3.79. The summed E-state index contributed by atoms with van der Waals surface area (Å²) in [6.45, 7) is 5.96.